The Bertz CT molecular complexity index is 910. The zero-order valence-corrected chi connectivity index (χ0v) is 16.1. The molecule has 0 radical (unpaired) electrons. The smallest absolute Gasteiger partial charge is 0.325 e. The number of imide groups is 1. The minimum atomic E-state index is -1.19. The Labute approximate surface area is 163 Å². The van der Waals surface area contributed by atoms with E-state index in [1.54, 1.807) is 37.4 Å². The van der Waals surface area contributed by atoms with E-state index in [2.05, 4.69) is 10.6 Å². The number of carbonyl (C=O) groups is 3. The number of anilines is 1. The summed E-state index contributed by atoms with van der Waals surface area (Å²) < 4.78 is 5.15. The van der Waals surface area contributed by atoms with Gasteiger partial charge in [0.2, 0.25) is 5.91 Å². The summed E-state index contributed by atoms with van der Waals surface area (Å²) in [5, 5.41) is 5.49. The van der Waals surface area contributed by atoms with Gasteiger partial charge in [-0.05, 0) is 48.7 Å². The molecule has 2 aromatic rings. The van der Waals surface area contributed by atoms with Gasteiger partial charge < -0.3 is 15.4 Å². The SMILES string of the molecule is CC[C@]1(c2ccc(OC)cc2)NC(=O)N(CC(=O)Nc2cccc(C)c2)C1=O. The number of methoxy groups -OCH3 is 1. The van der Waals surface area contributed by atoms with Crippen LogP contribution in [0.3, 0.4) is 0 Å². The minimum Gasteiger partial charge on any atom is -0.497 e. The molecule has 4 amide bonds. The maximum absolute atomic E-state index is 13.1. The highest BCUT2D eigenvalue weighted by Gasteiger charge is 2.51. The van der Waals surface area contributed by atoms with E-state index in [0.717, 1.165) is 10.5 Å². The number of benzene rings is 2. The normalized spacial score (nSPS) is 18.8. The molecule has 0 bridgehead atoms. The molecular weight excluding hydrogens is 358 g/mol. The molecule has 1 saturated heterocycles. The molecule has 3 rings (SSSR count). The van der Waals surface area contributed by atoms with Crippen LogP contribution in [0.5, 0.6) is 5.75 Å². The topological polar surface area (TPSA) is 87.7 Å². The Hall–Kier alpha value is -3.35. The molecule has 1 atom stereocenters. The lowest BCUT2D eigenvalue weighted by Gasteiger charge is -2.26. The van der Waals surface area contributed by atoms with Gasteiger partial charge >= 0.3 is 6.03 Å². The molecule has 2 aromatic carbocycles. The number of aryl methyl sites for hydroxylation is 1. The fraction of sp³-hybridized carbons (Fsp3) is 0.286. The Morgan fingerprint density at radius 3 is 2.50 bits per heavy atom. The van der Waals surface area contributed by atoms with Gasteiger partial charge in [-0.1, -0.05) is 31.2 Å². The van der Waals surface area contributed by atoms with Crippen molar-refractivity contribution in [2.24, 2.45) is 0 Å². The number of amides is 4. The molecule has 28 heavy (non-hydrogen) atoms. The lowest BCUT2D eigenvalue weighted by molar-refractivity contribution is -0.134. The van der Waals surface area contributed by atoms with Crippen LogP contribution >= 0.6 is 0 Å². The maximum atomic E-state index is 13.1. The van der Waals surface area contributed by atoms with Crippen LogP contribution in [0.25, 0.3) is 0 Å². The third-order valence-electron chi connectivity index (χ3n) is 4.89. The van der Waals surface area contributed by atoms with Crippen LogP contribution in [0, 0.1) is 6.92 Å². The molecule has 146 valence electrons. The van der Waals surface area contributed by atoms with Crippen molar-refractivity contribution in [3.8, 4) is 5.75 Å². The van der Waals surface area contributed by atoms with Gasteiger partial charge in [-0.2, -0.15) is 0 Å². The van der Waals surface area contributed by atoms with Gasteiger partial charge in [-0.25, -0.2) is 4.79 Å². The Kier molecular flexibility index (Phi) is 5.35. The first-order valence-corrected chi connectivity index (χ1v) is 9.05. The van der Waals surface area contributed by atoms with E-state index in [0.29, 0.717) is 23.4 Å². The van der Waals surface area contributed by atoms with Crippen LogP contribution in [-0.4, -0.2) is 36.4 Å². The summed E-state index contributed by atoms with van der Waals surface area (Å²) in [6.07, 6.45) is 0.361. The van der Waals surface area contributed by atoms with Crippen LogP contribution in [0.4, 0.5) is 10.5 Å². The Balaban J connectivity index is 1.78. The first-order chi connectivity index (χ1) is 13.4. The van der Waals surface area contributed by atoms with E-state index < -0.39 is 23.4 Å². The lowest BCUT2D eigenvalue weighted by atomic mass is 9.87. The standard InChI is InChI=1S/C21H23N3O4/c1-4-21(15-8-10-17(28-3)11-9-15)19(26)24(20(27)23-21)13-18(25)22-16-7-5-6-14(2)12-16/h5-12H,4,13H2,1-3H3,(H,22,25)(H,23,27)/t21-/m1/s1. The average molecular weight is 381 g/mol. The van der Waals surface area contributed by atoms with Crippen molar-refractivity contribution < 1.29 is 19.1 Å². The molecule has 1 aliphatic heterocycles. The van der Waals surface area contributed by atoms with Crippen molar-refractivity contribution >= 4 is 23.5 Å². The largest absolute Gasteiger partial charge is 0.497 e. The number of ether oxygens (including phenoxy) is 1. The zero-order chi connectivity index (χ0) is 20.3. The molecule has 0 aliphatic carbocycles. The molecular formula is C21H23N3O4. The molecule has 7 nitrogen and oxygen atoms in total. The number of nitrogens with zero attached hydrogens (tertiary/aromatic N) is 1. The predicted molar refractivity (Wildman–Crippen MR) is 105 cm³/mol. The van der Waals surface area contributed by atoms with Crippen LogP contribution in [0.2, 0.25) is 0 Å². The summed E-state index contributed by atoms with van der Waals surface area (Å²) in [7, 11) is 1.56. The van der Waals surface area contributed by atoms with E-state index in [-0.39, 0.29) is 6.54 Å². The van der Waals surface area contributed by atoms with E-state index >= 15 is 0 Å². The number of carbonyl (C=O) groups excluding carboxylic acids is 3. The molecule has 0 spiro atoms. The van der Waals surface area contributed by atoms with Crippen LogP contribution in [0.15, 0.2) is 48.5 Å². The highest BCUT2D eigenvalue weighted by Crippen LogP contribution is 2.33. The van der Waals surface area contributed by atoms with Crippen molar-refractivity contribution in [3.05, 3.63) is 59.7 Å². The number of hydrogen-bond acceptors (Lipinski definition) is 4. The van der Waals surface area contributed by atoms with Crippen LogP contribution < -0.4 is 15.4 Å². The van der Waals surface area contributed by atoms with Crippen molar-refractivity contribution in [2.75, 3.05) is 19.0 Å². The summed E-state index contributed by atoms with van der Waals surface area (Å²) in [5.74, 6) is -0.221. The Morgan fingerprint density at radius 1 is 1.18 bits per heavy atom. The van der Waals surface area contributed by atoms with Crippen molar-refractivity contribution in [1.29, 1.82) is 0 Å². The molecule has 2 N–H and O–H groups in total. The monoisotopic (exact) mass is 381 g/mol. The van der Waals surface area contributed by atoms with Gasteiger partial charge in [0.15, 0.2) is 0 Å². The highest BCUT2D eigenvalue weighted by molar-refractivity contribution is 6.10. The van der Waals surface area contributed by atoms with Gasteiger partial charge in [0, 0.05) is 5.69 Å². The van der Waals surface area contributed by atoms with Gasteiger partial charge in [-0.15, -0.1) is 0 Å². The molecule has 1 heterocycles. The van der Waals surface area contributed by atoms with E-state index in [1.807, 2.05) is 32.0 Å². The number of nitrogens with one attached hydrogen (secondary N) is 2. The van der Waals surface area contributed by atoms with Crippen molar-refractivity contribution in [1.82, 2.24) is 10.2 Å². The van der Waals surface area contributed by atoms with Gasteiger partial charge in [-0.3, -0.25) is 14.5 Å². The lowest BCUT2D eigenvalue weighted by Crippen LogP contribution is -2.44. The first-order valence-electron chi connectivity index (χ1n) is 9.05. The molecule has 0 unspecified atom stereocenters. The van der Waals surface area contributed by atoms with E-state index in [9.17, 15) is 14.4 Å². The number of urea groups is 1. The second kappa shape index (κ2) is 7.72. The van der Waals surface area contributed by atoms with Gasteiger partial charge in [0.1, 0.15) is 17.8 Å². The summed E-state index contributed by atoms with van der Waals surface area (Å²) in [6, 6.07) is 13.7. The third kappa shape index (κ3) is 3.55. The van der Waals surface area contributed by atoms with E-state index in [1.165, 1.54) is 0 Å². The van der Waals surface area contributed by atoms with Gasteiger partial charge in [0.25, 0.3) is 5.91 Å². The third-order valence-corrected chi connectivity index (χ3v) is 4.89. The number of hydrogen-bond donors (Lipinski definition) is 2. The van der Waals surface area contributed by atoms with Crippen LogP contribution in [0.1, 0.15) is 24.5 Å². The van der Waals surface area contributed by atoms with E-state index in [4.69, 9.17) is 4.74 Å². The predicted octanol–water partition coefficient (Wildman–Crippen LogP) is 2.80. The number of rotatable bonds is 6. The van der Waals surface area contributed by atoms with Crippen LogP contribution in [-0.2, 0) is 15.1 Å². The quantitative estimate of drug-likeness (QED) is 0.753. The molecule has 1 aliphatic rings. The summed E-state index contributed by atoms with van der Waals surface area (Å²) in [5.41, 5.74) is 1.08. The first kappa shape index (κ1) is 19.4. The molecule has 7 heteroatoms. The highest BCUT2D eigenvalue weighted by atomic mass is 16.5. The Morgan fingerprint density at radius 2 is 1.89 bits per heavy atom. The molecule has 0 aromatic heterocycles. The fourth-order valence-electron chi connectivity index (χ4n) is 3.35. The second-order valence-corrected chi connectivity index (χ2v) is 6.73. The summed E-state index contributed by atoms with van der Waals surface area (Å²) in [6.45, 7) is 3.38. The summed E-state index contributed by atoms with van der Waals surface area (Å²) >= 11 is 0. The molecule has 0 saturated carbocycles. The van der Waals surface area contributed by atoms with Gasteiger partial charge in [0.05, 0.1) is 7.11 Å². The average Bonchev–Trinajstić information content (AvgIpc) is 2.93. The van der Waals surface area contributed by atoms with Crippen molar-refractivity contribution in [3.63, 3.8) is 0 Å². The zero-order valence-electron chi connectivity index (χ0n) is 16.1. The molecule has 1 fully saturated rings. The summed E-state index contributed by atoms with van der Waals surface area (Å²) in [4.78, 5) is 38.9. The second-order valence-electron chi connectivity index (χ2n) is 6.73. The maximum Gasteiger partial charge on any atom is 0.325 e. The minimum absolute atomic E-state index is 0.351. The van der Waals surface area contributed by atoms with Crippen molar-refractivity contribution in [2.45, 2.75) is 25.8 Å². The fourth-order valence-corrected chi connectivity index (χ4v) is 3.35.